The zero-order valence-corrected chi connectivity index (χ0v) is 8.67. The third-order valence-corrected chi connectivity index (χ3v) is 2.90. The number of nitrogens with zero attached hydrogens (tertiary/aromatic N) is 3. The average molecular weight is 213 g/mol. The minimum absolute atomic E-state index is 0.640. The SMILES string of the molecule is O/N=C1/CCc2ccccc2-n2ccnc21. The molecule has 3 rings (SSSR count). The minimum Gasteiger partial charge on any atom is -0.411 e. The standard InChI is InChI=1S/C12H11N3O/c16-14-10-6-5-9-3-1-2-4-11(9)15-8-7-13-12(10)15/h1-4,7-8,16H,5-6H2/b14-10-. The van der Waals surface area contributed by atoms with Gasteiger partial charge < -0.3 is 5.21 Å². The van der Waals surface area contributed by atoms with Crippen molar-refractivity contribution in [2.45, 2.75) is 12.8 Å². The van der Waals surface area contributed by atoms with E-state index in [0.29, 0.717) is 12.1 Å². The van der Waals surface area contributed by atoms with Gasteiger partial charge in [-0.1, -0.05) is 23.4 Å². The van der Waals surface area contributed by atoms with Crippen LogP contribution in [0.2, 0.25) is 0 Å². The Balaban J connectivity index is 2.28. The highest BCUT2D eigenvalue weighted by molar-refractivity contribution is 5.98. The van der Waals surface area contributed by atoms with Crippen molar-refractivity contribution < 1.29 is 5.21 Å². The predicted molar refractivity (Wildman–Crippen MR) is 60.2 cm³/mol. The summed E-state index contributed by atoms with van der Waals surface area (Å²) < 4.78 is 1.97. The van der Waals surface area contributed by atoms with Crippen molar-refractivity contribution in [1.82, 2.24) is 9.55 Å². The second kappa shape index (κ2) is 3.48. The lowest BCUT2D eigenvalue weighted by atomic mass is 10.1. The summed E-state index contributed by atoms with van der Waals surface area (Å²) in [4.78, 5) is 4.24. The first kappa shape index (κ1) is 9.15. The monoisotopic (exact) mass is 213 g/mol. The fourth-order valence-electron chi connectivity index (χ4n) is 2.13. The Kier molecular flexibility index (Phi) is 1.99. The van der Waals surface area contributed by atoms with Crippen LogP contribution < -0.4 is 0 Å². The largest absolute Gasteiger partial charge is 0.411 e. The van der Waals surface area contributed by atoms with E-state index in [1.807, 2.05) is 22.9 Å². The molecular weight excluding hydrogens is 202 g/mol. The summed E-state index contributed by atoms with van der Waals surface area (Å²) >= 11 is 0. The number of oxime groups is 1. The molecule has 0 unspecified atom stereocenters. The van der Waals surface area contributed by atoms with Crippen molar-refractivity contribution in [1.29, 1.82) is 0 Å². The van der Waals surface area contributed by atoms with Crippen LogP contribution in [0.3, 0.4) is 0 Å². The topological polar surface area (TPSA) is 50.4 Å². The van der Waals surface area contributed by atoms with E-state index in [0.717, 1.165) is 17.9 Å². The molecule has 80 valence electrons. The molecule has 0 bridgehead atoms. The second-order valence-electron chi connectivity index (χ2n) is 3.80. The number of aryl methyl sites for hydroxylation is 1. The molecular formula is C12H11N3O. The van der Waals surface area contributed by atoms with Crippen molar-refractivity contribution in [3.05, 3.63) is 48.0 Å². The van der Waals surface area contributed by atoms with Gasteiger partial charge in [-0.15, -0.1) is 0 Å². The highest BCUT2D eigenvalue weighted by Gasteiger charge is 2.18. The van der Waals surface area contributed by atoms with E-state index >= 15 is 0 Å². The maximum absolute atomic E-state index is 8.99. The molecule has 0 spiro atoms. The molecule has 0 radical (unpaired) electrons. The number of fused-ring (bicyclic) bond motifs is 3. The fourth-order valence-corrected chi connectivity index (χ4v) is 2.13. The van der Waals surface area contributed by atoms with Gasteiger partial charge in [0.15, 0.2) is 5.82 Å². The molecule has 2 heterocycles. The van der Waals surface area contributed by atoms with Crippen molar-refractivity contribution in [2.24, 2.45) is 5.16 Å². The van der Waals surface area contributed by atoms with Crippen molar-refractivity contribution in [3.8, 4) is 5.69 Å². The van der Waals surface area contributed by atoms with Crippen LogP contribution in [0.4, 0.5) is 0 Å². The van der Waals surface area contributed by atoms with Crippen molar-refractivity contribution >= 4 is 5.71 Å². The van der Waals surface area contributed by atoms with E-state index in [1.54, 1.807) is 6.20 Å². The lowest BCUT2D eigenvalue weighted by molar-refractivity contribution is 0.317. The molecule has 0 saturated carbocycles. The first-order valence-electron chi connectivity index (χ1n) is 5.23. The van der Waals surface area contributed by atoms with Crippen molar-refractivity contribution in [2.75, 3.05) is 0 Å². The second-order valence-corrected chi connectivity index (χ2v) is 3.80. The number of benzene rings is 1. The molecule has 16 heavy (non-hydrogen) atoms. The van der Waals surface area contributed by atoms with Gasteiger partial charge in [-0.3, -0.25) is 4.57 Å². The average Bonchev–Trinajstić information content (AvgIpc) is 2.74. The Bertz CT molecular complexity index is 557. The molecule has 1 aliphatic rings. The summed E-state index contributed by atoms with van der Waals surface area (Å²) in [6, 6.07) is 8.18. The van der Waals surface area contributed by atoms with Gasteiger partial charge in [-0.05, 0) is 18.1 Å². The van der Waals surface area contributed by atoms with Gasteiger partial charge >= 0.3 is 0 Å². The molecule has 0 fully saturated rings. The van der Waals surface area contributed by atoms with Crippen LogP contribution >= 0.6 is 0 Å². The summed E-state index contributed by atoms with van der Waals surface area (Å²) in [5.74, 6) is 0.729. The highest BCUT2D eigenvalue weighted by atomic mass is 16.4. The molecule has 1 N–H and O–H groups in total. The molecule has 4 heteroatoms. The summed E-state index contributed by atoms with van der Waals surface area (Å²) in [7, 11) is 0. The number of hydrogen-bond acceptors (Lipinski definition) is 3. The number of para-hydroxylation sites is 1. The first-order chi connectivity index (χ1) is 7.90. The van der Waals surface area contributed by atoms with Crippen LogP contribution in [-0.2, 0) is 6.42 Å². The number of hydrogen-bond donors (Lipinski definition) is 1. The van der Waals surface area contributed by atoms with Crippen LogP contribution in [0.1, 0.15) is 17.8 Å². The minimum atomic E-state index is 0.640. The summed E-state index contributed by atoms with van der Waals surface area (Å²) in [6.07, 6.45) is 5.21. The molecule has 0 amide bonds. The van der Waals surface area contributed by atoms with Gasteiger partial charge in [0.2, 0.25) is 0 Å². The molecule has 0 aliphatic carbocycles. The maximum atomic E-state index is 8.99. The predicted octanol–water partition coefficient (Wildman–Crippen LogP) is 2.00. The Morgan fingerprint density at radius 3 is 3.00 bits per heavy atom. The Morgan fingerprint density at radius 2 is 2.12 bits per heavy atom. The summed E-state index contributed by atoms with van der Waals surface area (Å²) in [5, 5.41) is 12.3. The summed E-state index contributed by atoms with van der Waals surface area (Å²) in [6.45, 7) is 0. The highest BCUT2D eigenvalue weighted by Crippen LogP contribution is 2.23. The zero-order chi connectivity index (χ0) is 11.0. The summed E-state index contributed by atoms with van der Waals surface area (Å²) in [5.41, 5.74) is 3.01. The molecule has 1 aromatic carbocycles. The van der Waals surface area contributed by atoms with Gasteiger partial charge in [-0.2, -0.15) is 0 Å². The lowest BCUT2D eigenvalue weighted by Gasteiger charge is -2.07. The molecule has 1 aromatic heterocycles. The van der Waals surface area contributed by atoms with Crippen LogP contribution in [0.5, 0.6) is 0 Å². The van der Waals surface area contributed by atoms with Gasteiger partial charge in [0, 0.05) is 18.8 Å². The van der Waals surface area contributed by atoms with Crippen LogP contribution in [-0.4, -0.2) is 20.5 Å². The number of aromatic nitrogens is 2. The maximum Gasteiger partial charge on any atom is 0.162 e. The van der Waals surface area contributed by atoms with E-state index in [4.69, 9.17) is 5.21 Å². The van der Waals surface area contributed by atoms with E-state index < -0.39 is 0 Å². The third-order valence-electron chi connectivity index (χ3n) is 2.90. The molecule has 4 nitrogen and oxygen atoms in total. The fraction of sp³-hybridized carbons (Fsp3) is 0.167. The van der Waals surface area contributed by atoms with Crippen molar-refractivity contribution in [3.63, 3.8) is 0 Å². The molecule has 0 atom stereocenters. The van der Waals surface area contributed by atoms with E-state index in [2.05, 4.69) is 22.3 Å². The van der Waals surface area contributed by atoms with Gasteiger partial charge in [0.05, 0.1) is 5.69 Å². The zero-order valence-electron chi connectivity index (χ0n) is 8.67. The third kappa shape index (κ3) is 1.23. The Morgan fingerprint density at radius 1 is 1.25 bits per heavy atom. The van der Waals surface area contributed by atoms with Gasteiger partial charge in [0.25, 0.3) is 0 Å². The lowest BCUT2D eigenvalue weighted by Crippen LogP contribution is -2.07. The van der Waals surface area contributed by atoms with E-state index in [-0.39, 0.29) is 0 Å². The van der Waals surface area contributed by atoms with Crippen LogP contribution in [0.25, 0.3) is 5.69 Å². The first-order valence-corrected chi connectivity index (χ1v) is 5.23. The Labute approximate surface area is 92.9 Å². The van der Waals surface area contributed by atoms with Crippen LogP contribution in [0, 0.1) is 0 Å². The quantitative estimate of drug-likeness (QED) is 0.537. The van der Waals surface area contributed by atoms with E-state index in [9.17, 15) is 0 Å². The molecule has 1 aliphatic heterocycles. The molecule has 2 aromatic rings. The number of imidazole rings is 1. The van der Waals surface area contributed by atoms with Crippen LogP contribution in [0.15, 0.2) is 41.8 Å². The smallest absolute Gasteiger partial charge is 0.162 e. The molecule has 0 saturated heterocycles. The van der Waals surface area contributed by atoms with Gasteiger partial charge in [0.1, 0.15) is 5.71 Å². The van der Waals surface area contributed by atoms with E-state index in [1.165, 1.54) is 5.56 Å². The van der Waals surface area contributed by atoms with Gasteiger partial charge in [-0.25, -0.2) is 4.98 Å². The number of rotatable bonds is 0. The normalized spacial score (nSPS) is 16.6. The Hall–Kier alpha value is -2.10.